The summed E-state index contributed by atoms with van der Waals surface area (Å²) in [4.78, 5) is 16.0. The molecule has 0 saturated carbocycles. The van der Waals surface area contributed by atoms with Gasteiger partial charge in [0.2, 0.25) is 11.7 Å². The Morgan fingerprint density at radius 2 is 2.15 bits per heavy atom. The van der Waals surface area contributed by atoms with E-state index in [0.717, 1.165) is 17.0 Å². The molecule has 0 aliphatic carbocycles. The van der Waals surface area contributed by atoms with Gasteiger partial charge in [0.25, 0.3) is 0 Å². The monoisotopic (exact) mass is 377 g/mol. The third kappa shape index (κ3) is 4.51. The Morgan fingerprint density at radius 3 is 2.85 bits per heavy atom. The number of rotatable bonds is 7. The summed E-state index contributed by atoms with van der Waals surface area (Å²) in [7, 11) is 3.55. The van der Waals surface area contributed by atoms with Gasteiger partial charge < -0.3 is 14.4 Å². The Hall–Kier alpha value is -2.33. The number of aryl methyl sites for hydroxylation is 2. The van der Waals surface area contributed by atoms with Crippen molar-refractivity contribution >= 4 is 5.91 Å². The number of amides is 1. The Labute approximate surface area is 158 Å². The van der Waals surface area contributed by atoms with Crippen LogP contribution in [-0.4, -0.2) is 74.2 Å². The van der Waals surface area contributed by atoms with Gasteiger partial charge in [-0.3, -0.25) is 9.48 Å². The van der Waals surface area contributed by atoms with Crippen molar-refractivity contribution in [3.63, 3.8) is 0 Å². The van der Waals surface area contributed by atoms with Crippen LogP contribution in [-0.2, 0) is 34.3 Å². The summed E-state index contributed by atoms with van der Waals surface area (Å²) in [6.07, 6.45) is 0.798. The van der Waals surface area contributed by atoms with Crippen LogP contribution in [0.4, 0.5) is 0 Å². The lowest BCUT2D eigenvalue weighted by atomic mass is 10.1. The Bertz CT molecular complexity index is 786. The van der Waals surface area contributed by atoms with Gasteiger partial charge in [-0.2, -0.15) is 9.90 Å². The second kappa shape index (κ2) is 8.57. The molecule has 0 aromatic carbocycles. The maximum Gasteiger partial charge on any atom is 0.223 e. The highest BCUT2D eigenvalue weighted by Crippen LogP contribution is 2.20. The van der Waals surface area contributed by atoms with Crippen LogP contribution in [0.2, 0.25) is 0 Å². The summed E-state index contributed by atoms with van der Waals surface area (Å²) in [5, 5.41) is 16.8. The highest BCUT2D eigenvalue weighted by molar-refractivity contribution is 5.76. The molecule has 1 aliphatic rings. The molecule has 3 rings (SSSR count). The molecule has 0 spiro atoms. The lowest BCUT2D eigenvalue weighted by Gasteiger charge is -2.31. The molecule has 0 bridgehead atoms. The summed E-state index contributed by atoms with van der Waals surface area (Å²) >= 11 is 0. The number of hydrogen-bond donors (Lipinski definition) is 0. The van der Waals surface area contributed by atoms with E-state index in [2.05, 4.69) is 20.5 Å². The SMILES string of the molecule is COCCn1nnc(C2CN(C(=O)CCc3c(C)nn(C)c3C)CCO2)n1. The van der Waals surface area contributed by atoms with E-state index in [4.69, 9.17) is 9.47 Å². The van der Waals surface area contributed by atoms with E-state index in [1.807, 2.05) is 30.5 Å². The lowest BCUT2D eigenvalue weighted by molar-refractivity contribution is -0.139. The van der Waals surface area contributed by atoms with Gasteiger partial charge in [0.1, 0.15) is 6.10 Å². The number of ether oxygens (including phenoxy) is 2. The number of hydrogen-bond acceptors (Lipinski definition) is 7. The number of carbonyl (C=O) groups excluding carboxylic acids is 1. The van der Waals surface area contributed by atoms with Crippen LogP contribution in [0.15, 0.2) is 0 Å². The number of aromatic nitrogens is 6. The molecule has 1 atom stereocenters. The summed E-state index contributed by atoms with van der Waals surface area (Å²) in [6, 6.07) is 0. The minimum atomic E-state index is -0.346. The van der Waals surface area contributed by atoms with E-state index in [0.29, 0.717) is 51.5 Å². The molecule has 1 fully saturated rings. The Balaban J connectivity index is 1.57. The molecule has 10 heteroatoms. The van der Waals surface area contributed by atoms with Gasteiger partial charge in [0.05, 0.1) is 32.0 Å². The van der Waals surface area contributed by atoms with Gasteiger partial charge in [-0.25, -0.2) is 0 Å². The van der Waals surface area contributed by atoms with Crippen molar-refractivity contribution in [1.29, 1.82) is 0 Å². The van der Waals surface area contributed by atoms with Crippen molar-refractivity contribution in [2.24, 2.45) is 7.05 Å². The summed E-state index contributed by atoms with van der Waals surface area (Å²) in [5.74, 6) is 0.611. The first-order valence-electron chi connectivity index (χ1n) is 9.14. The highest BCUT2D eigenvalue weighted by atomic mass is 16.5. The first-order valence-corrected chi connectivity index (χ1v) is 9.14. The van der Waals surface area contributed by atoms with Crippen LogP contribution in [0, 0.1) is 13.8 Å². The minimum absolute atomic E-state index is 0.109. The largest absolute Gasteiger partial charge is 0.383 e. The first-order chi connectivity index (χ1) is 13.0. The van der Waals surface area contributed by atoms with E-state index in [9.17, 15) is 4.79 Å². The summed E-state index contributed by atoms with van der Waals surface area (Å²) in [5.41, 5.74) is 3.25. The number of nitrogens with zero attached hydrogens (tertiary/aromatic N) is 7. The molecule has 1 unspecified atom stereocenters. The molecule has 0 N–H and O–H groups in total. The van der Waals surface area contributed by atoms with Gasteiger partial charge in [-0.1, -0.05) is 0 Å². The standard InChI is InChI=1S/C17H27N7O3/c1-12-14(13(2)22(3)19-12)5-6-16(25)23-7-10-27-15(11-23)17-18-21-24(20-17)8-9-26-4/h15H,5-11H2,1-4H3. The van der Waals surface area contributed by atoms with E-state index in [-0.39, 0.29) is 12.0 Å². The van der Waals surface area contributed by atoms with Gasteiger partial charge in [0.15, 0.2) is 0 Å². The smallest absolute Gasteiger partial charge is 0.223 e. The average Bonchev–Trinajstić information content (AvgIpc) is 3.23. The van der Waals surface area contributed by atoms with Crippen LogP contribution in [0.5, 0.6) is 0 Å². The molecule has 148 valence electrons. The molecule has 3 heterocycles. The molecule has 1 amide bonds. The van der Waals surface area contributed by atoms with Crippen molar-refractivity contribution in [2.75, 3.05) is 33.4 Å². The Morgan fingerprint density at radius 1 is 1.33 bits per heavy atom. The van der Waals surface area contributed by atoms with Crippen molar-refractivity contribution in [3.8, 4) is 0 Å². The van der Waals surface area contributed by atoms with E-state index >= 15 is 0 Å². The topological polar surface area (TPSA) is 100 Å². The molecule has 2 aromatic heterocycles. The highest BCUT2D eigenvalue weighted by Gasteiger charge is 2.28. The molecule has 1 aliphatic heterocycles. The second-order valence-electron chi connectivity index (χ2n) is 6.71. The molecule has 2 aromatic rings. The maximum atomic E-state index is 12.7. The second-order valence-corrected chi connectivity index (χ2v) is 6.71. The van der Waals surface area contributed by atoms with Crippen molar-refractivity contribution in [2.45, 2.75) is 39.3 Å². The number of morpholine rings is 1. The molecule has 1 saturated heterocycles. The summed E-state index contributed by atoms with van der Waals surface area (Å²) < 4.78 is 12.6. The fourth-order valence-electron chi connectivity index (χ4n) is 3.25. The maximum absolute atomic E-state index is 12.7. The zero-order chi connectivity index (χ0) is 19.4. The van der Waals surface area contributed by atoms with Crippen LogP contribution in [0.3, 0.4) is 0 Å². The lowest BCUT2D eigenvalue weighted by Crippen LogP contribution is -2.42. The number of methoxy groups -OCH3 is 1. The van der Waals surface area contributed by atoms with Gasteiger partial charge >= 0.3 is 0 Å². The molecular formula is C17H27N7O3. The number of tetrazole rings is 1. The normalized spacial score (nSPS) is 17.5. The quantitative estimate of drug-likeness (QED) is 0.679. The van der Waals surface area contributed by atoms with E-state index in [1.54, 1.807) is 7.11 Å². The molecular weight excluding hydrogens is 350 g/mol. The molecule has 10 nitrogen and oxygen atoms in total. The third-order valence-corrected chi connectivity index (χ3v) is 4.92. The molecule has 0 radical (unpaired) electrons. The number of carbonyl (C=O) groups is 1. The minimum Gasteiger partial charge on any atom is -0.383 e. The van der Waals surface area contributed by atoms with Crippen molar-refractivity contribution < 1.29 is 14.3 Å². The van der Waals surface area contributed by atoms with Crippen LogP contribution < -0.4 is 0 Å². The fourth-order valence-corrected chi connectivity index (χ4v) is 3.25. The summed E-state index contributed by atoms with van der Waals surface area (Å²) in [6.45, 7) is 6.55. The fraction of sp³-hybridized carbons (Fsp3) is 0.706. The van der Waals surface area contributed by atoms with Gasteiger partial charge in [-0.15, -0.1) is 10.2 Å². The zero-order valence-electron chi connectivity index (χ0n) is 16.4. The van der Waals surface area contributed by atoms with Gasteiger partial charge in [-0.05, 0) is 31.0 Å². The zero-order valence-corrected chi connectivity index (χ0v) is 16.4. The first kappa shape index (κ1) is 19.4. The van der Waals surface area contributed by atoms with E-state index in [1.165, 1.54) is 4.80 Å². The van der Waals surface area contributed by atoms with Crippen LogP contribution in [0.1, 0.15) is 35.3 Å². The van der Waals surface area contributed by atoms with Crippen molar-refractivity contribution in [1.82, 2.24) is 34.9 Å². The van der Waals surface area contributed by atoms with Crippen molar-refractivity contribution in [3.05, 3.63) is 22.8 Å². The predicted molar refractivity (Wildman–Crippen MR) is 96.0 cm³/mol. The average molecular weight is 377 g/mol. The Kier molecular flexibility index (Phi) is 6.17. The predicted octanol–water partition coefficient (Wildman–Crippen LogP) is 0.203. The van der Waals surface area contributed by atoms with Crippen LogP contribution >= 0.6 is 0 Å². The van der Waals surface area contributed by atoms with Crippen LogP contribution in [0.25, 0.3) is 0 Å². The van der Waals surface area contributed by atoms with E-state index < -0.39 is 0 Å². The van der Waals surface area contributed by atoms with Gasteiger partial charge in [0, 0.05) is 32.8 Å². The molecule has 27 heavy (non-hydrogen) atoms. The third-order valence-electron chi connectivity index (χ3n) is 4.92.